The number of para-hydroxylation sites is 1. The first-order valence-corrected chi connectivity index (χ1v) is 8.21. The van der Waals surface area contributed by atoms with Crippen LogP contribution in [0.2, 0.25) is 5.02 Å². The molecule has 0 spiro atoms. The van der Waals surface area contributed by atoms with Gasteiger partial charge in [0.05, 0.1) is 18.1 Å². The molecule has 134 valence electrons. The van der Waals surface area contributed by atoms with Crippen molar-refractivity contribution in [1.82, 2.24) is 15.5 Å². The third kappa shape index (κ3) is 7.55. The van der Waals surface area contributed by atoms with Crippen molar-refractivity contribution in [2.75, 3.05) is 33.8 Å². The molecule has 0 aromatic heterocycles. The molecule has 1 rings (SSSR count). The van der Waals surface area contributed by atoms with Gasteiger partial charge in [-0.3, -0.25) is 9.79 Å². The molecule has 0 unspecified atom stereocenters. The van der Waals surface area contributed by atoms with Gasteiger partial charge in [0.2, 0.25) is 5.91 Å². The van der Waals surface area contributed by atoms with Gasteiger partial charge in [-0.15, -0.1) is 0 Å². The average molecular weight is 355 g/mol. The normalized spacial score (nSPS) is 11.8. The van der Waals surface area contributed by atoms with Crippen molar-refractivity contribution in [3.63, 3.8) is 0 Å². The SMILES string of the molecule is CN=C(NCCOc1ccccc1Cl)N(C)CC(=O)NC(C)(C)C. The molecule has 0 atom stereocenters. The maximum Gasteiger partial charge on any atom is 0.240 e. The summed E-state index contributed by atoms with van der Waals surface area (Å²) in [4.78, 5) is 17.9. The van der Waals surface area contributed by atoms with E-state index in [2.05, 4.69) is 15.6 Å². The number of aliphatic imine (C=N–C) groups is 1. The Balaban J connectivity index is 2.39. The topological polar surface area (TPSA) is 66.0 Å². The first kappa shape index (κ1) is 20.1. The van der Waals surface area contributed by atoms with E-state index < -0.39 is 0 Å². The van der Waals surface area contributed by atoms with Gasteiger partial charge in [0.15, 0.2) is 5.96 Å². The molecule has 0 aliphatic heterocycles. The van der Waals surface area contributed by atoms with Crippen LogP contribution >= 0.6 is 11.6 Å². The molecule has 7 heteroatoms. The highest BCUT2D eigenvalue weighted by Crippen LogP contribution is 2.22. The lowest BCUT2D eigenvalue weighted by atomic mass is 10.1. The Hall–Kier alpha value is -1.95. The number of benzene rings is 1. The average Bonchev–Trinajstić information content (AvgIpc) is 2.46. The molecule has 24 heavy (non-hydrogen) atoms. The van der Waals surface area contributed by atoms with E-state index in [1.165, 1.54) is 0 Å². The summed E-state index contributed by atoms with van der Waals surface area (Å²) in [5.74, 6) is 1.22. The van der Waals surface area contributed by atoms with Gasteiger partial charge >= 0.3 is 0 Å². The van der Waals surface area contributed by atoms with Crippen molar-refractivity contribution in [2.24, 2.45) is 4.99 Å². The highest BCUT2D eigenvalue weighted by molar-refractivity contribution is 6.32. The van der Waals surface area contributed by atoms with Crippen LogP contribution in [0.25, 0.3) is 0 Å². The minimum atomic E-state index is -0.252. The summed E-state index contributed by atoms with van der Waals surface area (Å²) in [7, 11) is 3.49. The van der Waals surface area contributed by atoms with Crippen LogP contribution in [0.1, 0.15) is 20.8 Å². The molecule has 0 heterocycles. The Labute approximate surface area is 149 Å². The van der Waals surface area contributed by atoms with E-state index in [0.717, 1.165) is 0 Å². The van der Waals surface area contributed by atoms with Crippen LogP contribution in [0.3, 0.4) is 0 Å². The Kier molecular flexibility index (Phi) is 7.85. The van der Waals surface area contributed by atoms with Crippen molar-refractivity contribution in [1.29, 1.82) is 0 Å². The summed E-state index contributed by atoms with van der Waals surface area (Å²) in [5.41, 5.74) is -0.252. The summed E-state index contributed by atoms with van der Waals surface area (Å²) in [6.45, 7) is 7.05. The monoisotopic (exact) mass is 354 g/mol. The summed E-state index contributed by atoms with van der Waals surface area (Å²) in [5, 5.41) is 6.66. The van der Waals surface area contributed by atoms with E-state index in [0.29, 0.717) is 29.9 Å². The van der Waals surface area contributed by atoms with Gasteiger partial charge in [0, 0.05) is 19.6 Å². The largest absolute Gasteiger partial charge is 0.490 e. The Morgan fingerprint density at radius 2 is 2.00 bits per heavy atom. The molecule has 1 aromatic carbocycles. The molecular formula is C17H27ClN4O2. The van der Waals surface area contributed by atoms with Gasteiger partial charge in [-0.1, -0.05) is 23.7 Å². The molecule has 1 amide bonds. The molecule has 0 bridgehead atoms. The number of halogens is 1. The molecular weight excluding hydrogens is 328 g/mol. The zero-order chi connectivity index (χ0) is 18.2. The van der Waals surface area contributed by atoms with Crippen LogP contribution in [0.4, 0.5) is 0 Å². The van der Waals surface area contributed by atoms with Crippen LogP contribution < -0.4 is 15.4 Å². The second kappa shape index (κ2) is 9.37. The third-order valence-corrected chi connectivity index (χ3v) is 3.26. The van der Waals surface area contributed by atoms with Crippen molar-refractivity contribution in [2.45, 2.75) is 26.3 Å². The van der Waals surface area contributed by atoms with E-state index >= 15 is 0 Å². The maximum absolute atomic E-state index is 12.0. The Morgan fingerprint density at radius 3 is 2.58 bits per heavy atom. The maximum atomic E-state index is 12.0. The highest BCUT2D eigenvalue weighted by atomic mass is 35.5. The van der Waals surface area contributed by atoms with Crippen LogP contribution in [0.5, 0.6) is 5.75 Å². The van der Waals surface area contributed by atoms with E-state index in [1.54, 1.807) is 18.0 Å². The smallest absolute Gasteiger partial charge is 0.240 e. The molecule has 0 fully saturated rings. The van der Waals surface area contributed by atoms with E-state index in [4.69, 9.17) is 16.3 Å². The number of hydrogen-bond donors (Lipinski definition) is 2. The predicted octanol–water partition coefficient (Wildman–Crippen LogP) is 2.14. The third-order valence-electron chi connectivity index (χ3n) is 2.95. The molecule has 2 N–H and O–H groups in total. The number of hydrogen-bond acceptors (Lipinski definition) is 3. The van der Waals surface area contributed by atoms with Crippen molar-refractivity contribution >= 4 is 23.5 Å². The van der Waals surface area contributed by atoms with Gasteiger partial charge in [-0.05, 0) is 32.9 Å². The number of nitrogens with one attached hydrogen (secondary N) is 2. The van der Waals surface area contributed by atoms with Crippen LogP contribution in [0, 0.1) is 0 Å². The summed E-state index contributed by atoms with van der Waals surface area (Å²) < 4.78 is 5.61. The van der Waals surface area contributed by atoms with Gasteiger partial charge in [0.1, 0.15) is 12.4 Å². The van der Waals surface area contributed by atoms with Crippen molar-refractivity contribution < 1.29 is 9.53 Å². The number of carbonyl (C=O) groups excluding carboxylic acids is 1. The first-order valence-electron chi connectivity index (χ1n) is 7.83. The van der Waals surface area contributed by atoms with Gasteiger partial charge in [-0.2, -0.15) is 0 Å². The zero-order valence-electron chi connectivity index (χ0n) is 15.0. The number of ether oxygens (including phenoxy) is 1. The highest BCUT2D eigenvalue weighted by Gasteiger charge is 2.16. The number of carbonyl (C=O) groups is 1. The van der Waals surface area contributed by atoms with Gasteiger partial charge in [-0.25, -0.2) is 0 Å². The summed E-state index contributed by atoms with van der Waals surface area (Å²) >= 11 is 6.03. The Bertz CT molecular complexity index is 570. The molecule has 6 nitrogen and oxygen atoms in total. The number of rotatable bonds is 6. The van der Waals surface area contributed by atoms with Crippen molar-refractivity contribution in [3.8, 4) is 5.75 Å². The fourth-order valence-corrected chi connectivity index (χ4v) is 2.21. The first-order chi connectivity index (χ1) is 11.2. The van der Waals surface area contributed by atoms with Gasteiger partial charge < -0.3 is 20.3 Å². The van der Waals surface area contributed by atoms with Crippen LogP contribution in [-0.4, -0.2) is 56.1 Å². The number of guanidine groups is 1. The second-order valence-electron chi connectivity index (χ2n) is 6.41. The molecule has 0 aliphatic rings. The molecule has 0 saturated heterocycles. The van der Waals surface area contributed by atoms with E-state index in [1.807, 2.05) is 46.0 Å². The lowest BCUT2D eigenvalue weighted by Crippen LogP contribution is -2.49. The minimum Gasteiger partial charge on any atom is -0.490 e. The molecule has 1 aromatic rings. The fourth-order valence-electron chi connectivity index (χ4n) is 2.02. The lowest BCUT2D eigenvalue weighted by Gasteiger charge is -2.25. The minimum absolute atomic E-state index is 0.0553. The fraction of sp³-hybridized carbons (Fsp3) is 0.529. The van der Waals surface area contributed by atoms with Gasteiger partial charge in [0.25, 0.3) is 0 Å². The number of likely N-dealkylation sites (N-methyl/N-ethyl adjacent to an activating group) is 1. The number of nitrogens with zero attached hydrogens (tertiary/aromatic N) is 2. The second-order valence-corrected chi connectivity index (χ2v) is 6.81. The standard InChI is InChI=1S/C17H27ClN4O2/c1-17(2,3)21-15(23)12-22(5)16(19-4)20-10-11-24-14-9-7-6-8-13(14)18/h6-9H,10-12H2,1-5H3,(H,19,20)(H,21,23). The van der Waals surface area contributed by atoms with E-state index in [9.17, 15) is 4.79 Å². The number of amides is 1. The molecule has 0 aliphatic carbocycles. The Morgan fingerprint density at radius 1 is 1.33 bits per heavy atom. The van der Waals surface area contributed by atoms with E-state index in [-0.39, 0.29) is 18.0 Å². The quantitative estimate of drug-likeness (QED) is 0.466. The van der Waals surface area contributed by atoms with Crippen LogP contribution in [0.15, 0.2) is 29.3 Å². The molecule has 0 saturated carbocycles. The van der Waals surface area contributed by atoms with Crippen molar-refractivity contribution in [3.05, 3.63) is 29.3 Å². The zero-order valence-corrected chi connectivity index (χ0v) is 15.8. The lowest BCUT2D eigenvalue weighted by molar-refractivity contribution is -0.122. The predicted molar refractivity (Wildman–Crippen MR) is 98.8 cm³/mol. The van der Waals surface area contributed by atoms with Crippen LogP contribution in [-0.2, 0) is 4.79 Å². The molecule has 0 radical (unpaired) electrons. The summed E-state index contributed by atoms with van der Waals surface area (Å²) in [6, 6.07) is 7.33. The summed E-state index contributed by atoms with van der Waals surface area (Å²) in [6.07, 6.45) is 0.